The summed E-state index contributed by atoms with van der Waals surface area (Å²) < 4.78 is 0. The molecule has 0 aromatic heterocycles. The number of hydrogen-bond acceptors (Lipinski definition) is 2. The van der Waals surface area contributed by atoms with Crippen LogP contribution in [0.1, 0.15) is 27.2 Å². The van der Waals surface area contributed by atoms with Crippen molar-refractivity contribution >= 4 is 0 Å². The smallest absolute Gasteiger partial charge is 0.0659 e. The van der Waals surface area contributed by atoms with Crippen molar-refractivity contribution in [2.24, 2.45) is 5.73 Å². The predicted molar refractivity (Wildman–Crippen MR) is 36.7 cm³/mol. The Balaban J connectivity index is 0. The van der Waals surface area contributed by atoms with E-state index in [9.17, 15) is 0 Å². The summed E-state index contributed by atoms with van der Waals surface area (Å²) in [5.74, 6) is 0. The maximum Gasteiger partial charge on any atom is 0.0659 e. The fourth-order valence-corrected chi connectivity index (χ4v) is 0.167. The summed E-state index contributed by atoms with van der Waals surface area (Å²) in [5.41, 5.74) is 5.03. The van der Waals surface area contributed by atoms with Crippen molar-refractivity contribution in [3.8, 4) is 0 Å². The van der Waals surface area contributed by atoms with E-state index in [1.54, 1.807) is 0 Å². The van der Waals surface area contributed by atoms with Crippen LogP contribution in [0.25, 0.3) is 0 Å². The van der Waals surface area contributed by atoms with Crippen molar-refractivity contribution in [1.82, 2.24) is 0 Å². The number of nitrogens with two attached hydrogens (primary N) is 1. The molecule has 0 bridgehead atoms. The lowest BCUT2D eigenvalue weighted by molar-refractivity contribution is 0.179. The van der Waals surface area contributed by atoms with Crippen LogP contribution in [0, 0.1) is 0 Å². The first-order valence-corrected chi connectivity index (χ1v) is 3.19. The van der Waals surface area contributed by atoms with Crippen molar-refractivity contribution in [3.05, 3.63) is 0 Å². The van der Waals surface area contributed by atoms with E-state index in [0.717, 1.165) is 6.42 Å². The lowest BCUT2D eigenvalue weighted by atomic mass is 10.3. The molecule has 0 radical (unpaired) electrons. The van der Waals surface area contributed by atoms with Crippen molar-refractivity contribution in [1.29, 1.82) is 0 Å². The molecule has 0 saturated carbocycles. The minimum Gasteiger partial charge on any atom is -0.392 e. The van der Waals surface area contributed by atoms with E-state index in [4.69, 9.17) is 10.8 Å². The summed E-state index contributed by atoms with van der Waals surface area (Å²) in [4.78, 5) is 0. The maximum atomic E-state index is 8.54. The monoisotopic (exact) mass is 119 g/mol. The summed E-state index contributed by atoms with van der Waals surface area (Å²) in [7, 11) is 0. The zero-order valence-corrected chi connectivity index (χ0v) is 6.02. The van der Waals surface area contributed by atoms with Crippen LogP contribution in [-0.2, 0) is 0 Å². The highest BCUT2D eigenvalue weighted by molar-refractivity contribution is 4.48. The predicted octanol–water partition coefficient (Wildman–Crippen LogP) is 0.742. The van der Waals surface area contributed by atoms with E-state index in [0.29, 0.717) is 6.54 Å². The van der Waals surface area contributed by atoms with Gasteiger partial charge in [-0.3, -0.25) is 0 Å². The largest absolute Gasteiger partial charge is 0.392 e. The zero-order chi connectivity index (χ0) is 6.99. The van der Waals surface area contributed by atoms with Crippen LogP contribution >= 0.6 is 0 Å². The number of aliphatic hydroxyl groups excluding tert-OH is 1. The molecular formula is C6H17NO. The van der Waals surface area contributed by atoms with Gasteiger partial charge in [0.05, 0.1) is 6.10 Å². The van der Waals surface area contributed by atoms with Crippen molar-refractivity contribution in [2.45, 2.75) is 33.3 Å². The summed E-state index contributed by atoms with van der Waals surface area (Å²) >= 11 is 0. The average Bonchev–Trinajstić information content (AvgIpc) is 1.91. The van der Waals surface area contributed by atoms with Gasteiger partial charge in [-0.2, -0.15) is 0 Å². The highest BCUT2D eigenvalue weighted by atomic mass is 16.3. The quantitative estimate of drug-likeness (QED) is 0.563. The second kappa shape index (κ2) is 10.0. The minimum atomic E-state index is -0.287. The average molecular weight is 119 g/mol. The van der Waals surface area contributed by atoms with E-state index in [2.05, 4.69) is 0 Å². The Labute approximate surface area is 51.7 Å². The van der Waals surface area contributed by atoms with Crippen LogP contribution in [0.15, 0.2) is 0 Å². The van der Waals surface area contributed by atoms with Gasteiger partial charge in [-0.25, -0.2) is 0 Å². The van der Waals surface area contributed by atoms with Crippen LogP contribution in [0.4, 0.5) is 0 Å². The highest BCUT2D eigenvalue weighted by Crippen LogP contribution is 1.81. The Morgan fingerprint density at radius 2 is 1.88 bits per heavy atom. The van der Waals surface area contributed by atoms with Gasteiger partial charge in [0.25, 0.3) is 0 Å². The lowest BCUT2D eigenvalue weighted by Crippen LogP contribution is -2.17. The van der Waals surface area contributed by atoms with E-state index in [1.807, 2.05) is 20.8 Å². The Kier molecular flexibility index (Phi) is 13.6. The molecule has 0 aliphatic heterocycles. The number of hydrogen-bond donors (Lipinski definition) is 2. The Morgan fingerprint density at radius 1 is 1.50 bits per heavy atom. The van der Waals surface area contributed by atoms with Crippen molar-refractivity contribution in [2.75, 3.05) is 6.54 Å². The molecule has 0 amide bonds. The molecule has 0 aromatic rings. The van der Waals surface area contributed by atoms with Crippen LogP contribution < -0.4 is 5.73 Å². The second-order valence-electron chi connectivity index (χ2n) is 1.30. The first-order valence-electron chi connectivity index (χ1n) is 3.19. The van der Waals surface area contributed by atoms with Gasteiger partial charge in [0.15, 0.2) is 0 Å². The normalized spacial score (nSPS) is 11.6. The van der Waals surface area contributed by atoms with Gasteiger partial charge in [-0.1, -0.05) is 20.8 Å². The molecule has 0 rings (SSSR count). The molecule has 2 heteroatoms. The molecule has 0 aliphatic rings. The summed E-state index contributed by atoms with van der Waals surface area (Å²) in [6.07, 6.45) is 0.473. The van der Waals surface area contributed by atoms with Crippen molar-refractivity contribution < 1.29 is 5.11 Å². The standard InChI is InChI=1S/C4H11NO.C2H6/c1-2-4(6)3-5;1-2/h4,6H,2-3,5H2,1H3;1-2H3. The SMILES string of the molecule is CC.CCC(O)CN. The molecule has 1 atom stereocenters. The van der Waals surface area contributed by atoms with Crippen LogP contribution in [0.3, 0.4) is 0 Å². The van der Waals surface area contributed by atoms with Gasteiger partial charge < -0.3 is 10.8 Å². The maximum absolute atomic E-state index is 8.54. The van der Waals surface area contributed by atoms with E-state index in [1.165, 1.54) is 0 Å². The molecule has 0 fully saturated rings. The van der Waals surface area contributed by atoms with E-state index < -0.39 is 0 Å². The van der Waals surface area contributed by atoms with Gasteiger partial charge in [0.2, 0.25) is 0 Å². The lowest BCUT2D eigenvalue weighted by Gasteiger charge is -1.98. The molecule has 0 heterocycles. The molecule has 0 spiro atoms. The number of rotatable bonds is 2. The third-order valence-corrected chi connectivity index (χ3v) is 0.743. The van der Waals surface area contributed by atoms with Gasteiger partial charge >= 0.3 is 0 Å². The third-order valence-electron chi connectivity index (χ3n) is 0.743. The topological polar surface area (TPSA) is 46.2 Å². The van der Waals surface area contributed by atoms with Crippen LogP contribution in [0.5, 0.6) is 0 Å². The molecule has 0 aromatic carbocycles. The summed E-state index contributed by atoms with van der Waals surface area (Å²) in [6, 6.07) is 0. The summed E-state index contributed by atoms with van der Waals surface area (Å²) in [5, 5.41) is 8.54. The molecule has 0 saturated heterocycles. The van der Waals surface area contributed by atoms with Crippen LogP contribution in [-0.4, -0.2) is 17.8 Å². The molecule has 52 valence electrons. The third kappa shape index (κ3) is 9.33. The Morgan fingerprint density at radius 3 is 1.88 bits per heavy atom. The van der Waals surface area contributed by atoms with Gasteiger partial charge in [0.1, 0.15) is 0 Å². The van der Waals surface area contributed by atoms with Gasteiger partial charge in [0, 0.05) is 6.54 Å². The molecule has 8 heavy (non-hydrogen) atoms. The fraction of sp³-hybridized carbons (Fsp3) is 1.00. The van der Waals surface area contributed by atoms with Crippen LogP contribution in [0.2, 0.25) is 0 Å². The first-order chi connectivity index (χ1) is 3.81. The van der Waals surface area contributed by atoms with Gasteiger partial charge in [-0.05, 0) is 6.42 Å². The van der Waals surface area contributed by atoms with E-state index >= 15 is 0 Å². The molecular weight excluding hydrogens is 102 g/mol. The van der Waals surface area contributed by atoms with E-state index in [-0.39, 0.29) is 6.10 Å². The highest BCUT2D eigenvalue weighted by Gasteiger charge is 1.90. The fourth-order valence-electron chi connectivity index (χ4n) is 0.167. The zero-order valence-electron chi connectivity index (χ0n) is 6.02. The first kappa shape index (κ1) is 10.8. The molecule has 2 nitrogen and oxygen atoms in total. The molecule has 0 aliphatic carbocycles. The minimum absolute atomic E-state index is 0.287. The Bertz CT molecular complexity index is 27.7. The number of aliphatic hydroxyl groups is 1. The second-order valence-corrected chi connectivity index (χ2v) is 1.30. The van der Waals surface area contributed by atoms with Crippen molar-refractivity contribution in [3.63, 3.8) is 0 Å². The summed E-state index contributed by atoms with van der Waals surface area (Å²) in [6.45, 7) is 6.29. The molecule has 3 N–H and O–H groups in total. The van der Waals surface area contributed by atoms with Gasteiger partial charge in [-0.15, -0.1) is 0 Å². The molecule has 1 unspecified atom stereocenters. The Hall–Kier alpha value is -0.0800.